The number of rotatable bonds is 2. The van der Waals surface area contributed by atoms with Crippen molar-refractivity contribution in [1.82, 2.24) is 15.1 Å². The molecular weight excluding hydrogens is 222 g/mol. The van der Waals surface area contributed by atoms with Gasteiger partial charge in [0.05, 0.1) is 0 Å². The summed E-state index contributed by atoms with van der Waals surface area (Å²) in [6, 6.07) is 10.0. The van der Waals surface area contributed by atoms with Crippen molar-refractivity contribution in [3.8, 4) is 0 Å². The summed E-state index contributed by atoms with van der Waals surface area (Å²) in [5.41, 5.74) is 3.03. The Balaban J connectivity index is 1.79. The van der Waals surface area contributed by atoms with E-state index in [2.05, 4.69) is 53.5 Å². The molecule has 2 atom stereocenters. The molecule has 2 aliphatic rings. The molecule has 1 aromatic rings. The quantitative estimate of drug-likeness (QED) is 0.842. The van der Waals surface area contributed by atoms with Crippen molar-refractivity contribution < 1.29 is 0 Å². The second-order valence-electron chi connectivity index (χ2n) is 5.58. The van der Waals surface area contributed by atoms with E-state index in [1.807, 2.05) is 0 Å². The molecule has 3 nitrogen and oxygen atoms in total. The number of nitrogens with zero attached hydrogens (tertiary/aromatic N) is 2. The topological polar surface area (TPSA) is 18.5 Å². The minimum Gasteiger partial charge on any atom is -0.312 e. The van der Waals surface area contributed by atoms with Gasteiger partial charge in [0.15, 0.2) is 0 Å². The average molecular weight is 245 g/mol. The van der Waals surface area contributed by atoms with Crippen molar-refractivity contribution in [2.75, 3.05) is 40.3 Å². The maximum absolute atomic E-state index is 3.52. The van der Waals surface area contributed by atoms with Crippen molar-refractivity contribution in [2.24, 2.45) is 0 Å². The second kappa shape index (κ2) is 5.00. The van der Waals surface area contributed by atoms with E-state index in [1.54, 1.807) is 0 Å². The fourth-order valence-electron chi connectivity index (χ4n) is 3.42. The van der Waals surface area contributed by atoms with Crippen LogP contribution in [0.1, 0.15) is 17.2 Å². The molecule has 0 saturated carbocycles. The van der Waals surface area contributed by atoms with Gasteiger partial charge in [-0.2, -0.15) is 0 Å². The fourth-order valence-corrected chi connectivity index (χ4v) is 3.42. The van der Waals surface area contributed by atoms with Crippen molar-refractivity contribution in [1.29, 1.82) is 0 Å². The molecule has 18 heavy (non-hydrogen) atoms. The zero-order valence-corrected chi connectivity index (χ0v) is 11.4. The Bertz CT molecular complexity index is 410. The van der Waals surface area contributed by atoms with E-state index < -0.39 is 0 Å². The minimum atomic E-state index is 0.504. The van der Waals surface area contributed by atoms with E-state index in [0.717, 1.165) is 0 Å². The molecule has 0 aromatic heterocycles. The molecule has 0 unspecified atom stereocenters. The van der Waals surface area contributed by atoms with Crippen LogP contribution in [0.25, 0.3) is 0 Å². The predicted molar refractivity (Wildman–Crippen MR) is 74.8 cm³/mol. The van der Waals surface area contributed by atoms with E-state index in [-0.39, 0.29) is 0 Å². The summed E-state index contributed by atoms with van der Waals surface area (Å²) in [5.74, 6) is 0. The third kappa shape index (κ3) is 2.07. The van der Waals surface area contributed by atoms with Gasteiger partial charge >= 0.3 is 0 Å². The highest BCUT2D eigenvalue weighted by molar-refractivity contribution is 5.37. The molecule has 1 fully saturated rings. The number of hydrogen-bond donors (Lipinski definition) is 1. The standard InChI is InChI=1S/C15H23N3/c1-16-15-13-6-4-3-5-12(13)11-14(15)18-9-7-17(2)8-10-18/h3-6,14-16H,7-11H2,1-2H3/t14-,15-/m1/s1. The van der Waals surface area contributed by atoms with Crippen molar-refractivity contribution in [3.63, 3.8) is 0 Å². The SMILES string of the molecule is CN[C@@H]1c2ccccc2C[C@H]1N1CCN(C)CC1. The monoisotopic (exact) mass is 245 g/mol. The number of fused-ring (bicyclic) bond motifs is 1. The van der Waals surface area contributed by atoms with Gasteiger partial charge in [-0.3, -0.25) is 4.90 Å². The van der Waals surface area contributed by atoms with E-state index >= 15 is 0 Å². The molecule has 1 aromatic carbocycles. The van der Waals surface area contributed by atoms with Crippen LogP contribution in [0.4, 0.5) is 0 Å². The highest BCUT2D eigenvalue weighted by atomic mass is 15.3. The van der Waals surface area contributed by atoms with Crippen LogP contribution >= 0.6 is 0 Å². The van der Waals surface area contributed by atoms with Crippen molar-refractivity contribution in [2.45, 2.75) is 18.5 Å². The van der Waals surface area contributed by atoms with E-state index in [4.69, 9.17) is 0 Å². The summed E-state index contributed by atoms with van der Waals surface area (Å²) >= 11 is 0. The lowest BCUT2D eigenvalue weighted by Crippen LogP contribution is -2.51. The van der Waals surface area contributed by atoms with Gasteiger partial charge in [-0.1, -0.05) is 24.3 Å². The zero-order chi connectivity index (χ0) is 12.5. The van der Waals surface area contributed by atoms with Gasteiger partial charge in [0.2, 0.25) is 0 Å². The molecule has 0 spiro atoms. The lowest BCUT2D eigenvalue weighted by Gasteiger charge is -2.38. The molecule has 1 heterocycles. The molecule has 1 aliphatic carbocycles. The molecule has 3 rings (SSSR count). The van der Waals surface area contributed by atoms with Gasteiger partial charge in [0.25, 0.3) is 0 Å². The smallest absolute Gasteiger partial charge is 0.0481 e. The third-order valence-corrected chi connectivity index (χ3v) is 4.52. The highest BCUT2D eigenvalue weighted by Crippen LogP contribution is 2.34. The first kappa shape index (κ1) is 12.2. The largest absolute Gasteiger partial charge is 0.312 e. The summed E-state index contributed by atoms with van der Waals surface area (Å²) in [6.07, 6.45) is 1.20. The Labute approximate surface area is 110 Å². The third-order valence-electron chi connectivity index (χ3n) is 4.52. The molecule has 0 bridgehead atoms. The molecule has 1 N–H and O–H groups in total. The molecule has 1 saturated heterocycles. The van der Waals surface area contributed by atoms with Gasteiger partial charge in [-0.05, 0) is 31.6 Å². The lowest BCUT2D eigenvalue weighted by atomic mass is 10.1. The van der Waals surface area contributed by atoms with Crippen molar-refractivity contribution >= 4 is 0 Å². The van der Waals surface area contributed by atoms with Gasteiger partial charge in [-0.15, -0.1) is 0 Å². The molecule has 3 heteroatoms. The fraction of sp³-hybridized carbons (Fsp3) is 0.600. The first-order valence-corrected chi connectivity index (χ1v) is 6.97. The molecule has 1 aliphatic heterocycles. The molecular formula is C15H23N3. The lowest BCUT2D eigenvalue weighted by molar-refractivity contribution is 0.0980. The Morgan fingerprint density at radius 1 is 1.11 bits per heavy atom. The number of benzene rings is 1. The second-order valence-corrected chi connectivity index (χ2v) is 5.58. The number of piperazine rings is 1. The Hall–Kier alpha value is -0.900. The van der Waals surface area contributed by atoms with Crippen LogP contribution in [0.2, 0.25) is 0 Å². The first-order valence-electron chi connectivity index (χ1n) is 6.97. The number of likely N-dealkylation sites (N-methyl/N-ethyl adjacent to an activating group) is 2. The Morgan fingerprint density at radius 2 is 1.83 bits per heavy atom. The van der Waals surface area contributed by atoms with Gasteiger partial charge in [0.1, 0.15) is 0 Å². The van der Waals surface area contributed by atoms with Gasteiger partial charge < -0.3 is 10.2 Å². The van der Waals surface area contributed by atoms with E-state index in [1.165, 1.54) is 43.7 Å². The molecule has 0 radical (unpaired) electrons. The molecule has 0 amide bonds. The highest BCUT2D eigenvalue weighted by Gasteiger charge is 2.35. The zero-order valence-electron chi connectivity index (χ0n) is 11.4. The maximum Gasteiger partial charge on any atom is 0.0481 e. The summed E-state index contributed by atoms with van der Waals surface area (Å²) < 4.78 is 0. The first-order chi connectivity index (χ1) is 8.79. The van der Waals surface area contributed by atoms with Crippen LogP contribution in [0, 0.1) is 0 Å². The summed E-state index contributed by atoms with van der Waals surface area (Å²) in [7, 11) is 4.31. The molecule has 98 valence electrons. The van der Waals surface area contributed by atoms with Crippen LogP contribution in [-0.4, -0.2) is 56.1 Å². The summed E-state index contributed by atoms with van der Waals surface area (Å²) in [5, 5.41) is 3.52. The normalized spacial score (nSPS) is 29.4. The van der Waals surface area contributed by atoms with Crippen molar-refractivity contribution in [3.05, 3.63) is 35.4 Å². The summed E-state index contributed by atoms with van der Waals surface area (Å²) in [6.45, 7) is 4.80. The summed E-state index contributed by atoms with van der Waals surface area (Å²) in [4.78, 5) is 5.09. The van der Waals surface area contributed by atoms with Crippen LogP contribution in [0.15, 0.2) is 24.3 Å². The van der Waals surface area contributed by atoms with Crippen LogP contribution < -0.4 is 5.32 Å². The minimum absolute atomic E-state index is 0.504. The van der Waals surface area contributed by atoms with Crippen LogP contribution in [0.3, 0.4) is 0 Å². The van der Waals surface area contributed by atoms with Gasteiger partial charge in [-0.25, -0.2) is 0 Å². The van der Waals surface area contributed by atoms with E-state index in [0.29, 0.717) is 12.1 Å². The van der Waals surface area contributed by atoms with Crippen LogP contribution in [0.5, 0.6) is 0 Å². The van der Waals surface area contributed by atoms with Gasteiger partial charge in [0, 0.05) is 38.3 Å². The average Bonchev–Trinajstić information content (AvgIpc) is 2.78. The predicted octanol–water partition coefficient (Wildman–Crippen LogP) is 1.12. The number of hydrogen-bond acceptors (Lipinski definition) is 3. The number of nitrogens with one attached hydrogen (secondary N) is 1. The van der Waals surface area contributed by atoms with Crippen LogP contribution in [-0.2, 0) is 6.42 Å². The Morgan fingerprint density at radius 3 is 2.56 bits per heavy atom. The Kier molecular flexibility index (Phi) is 3.37. The van der Waals surface area contributed by atoms with E-state index in [9.17, 15) is 0 Å². The maximum atomic E-state index is 3.52.